The van der Waals surface area contributed by atoms with E-state index in [0.29, 0.717) is 35.2 Å². The summed E-state index contributed by atoms with van der Waals surface area (Å²) in [5.74, 6) is -0.165. The summed E-state index contributed by atoms with van der Waals surface area (Å²) in [4.78, 5) is 25.7. The predicted molar refractivity (Wildman–Crippen MR) is 169 cm³/mol. The normalized spacial score (nSPS) is 14.1. The van der Waals surface area contributed by atoms with Crippen LogP contribution in [0.3, 0.4) is 0 Å². The van der Waals surface area contributed by atoms with E-state index < -0.39 is 32.6 Å². The summed E-state index contributed by atoms with van der Waals surface area (Å²) in [6, 6.07) is 9.26. The van der Waals surface area contributed by atoms with Gasteiger partial charge in [0.25, 0.3) is 0 Å². The van der Waals surface area contributed by atoms with Gasteiger partial charge in [-0.2, -0.15) is 0 Å². The Balaban J connectivity index is 3.31. The number of rotatable bonds is 19. The Kier molecular flexibility index (Phi) is 16.1. The largest absolute Gasteiger partial charge is 0.483 e. The number of esters is 1. The zero-order valence-corrected chi connectivity index (χ0v) is 27.9. The maximum Gasteiger partial charge on any atom is 0.407 e. The summed E-state index contributed by atoms with van der Waals surface area (Å²) >= 11 is 0. The Bertz CT molecular complexity index is 925. The third kappa shape index (κ3) is 11.3. The van der Waals surface area contributed by atoms with E-state index in [4.69, 9.17) is 18.6 Å². The highest BCUT2D eigenvalue weighted by Gasteiger charge is 2.48. The van der Waals surface area contributed by atoms with Gasteiger partial charge in [-0.1, -0.05) is 118 Å². The smallest absolute Gasteiger partial charge is 0.407 e. The molecule has 41 heavy (non-hydrogen) atoms. The van der Waals surface area contributed by atoms with Crippen LogP contribution >= 0.6 is 0 Å². The van der Waals surface area contributed by atoms with Crippen LogP contribution in [0.4, 0.5) is 4.79 Å². The lowest BCUT2D eigenvalue weighted by Gasteiger charge is -2.46. The van der Waals surface area contributed by atoms with Gasteiger partial charge in [0.1, 0.15) is 13.2 Å². The molecule has 0 saturated carbocycles. The highest BCUT2D eigenvalue weighted by molar-refractivity contribution is 6.77. The van der Waals surface area contributed by atoms with Crippen LogP contribution in [0.15, 0.2) is 55.3 Å². The third-order valence-corrected chi connectivity index (χ3v) is 13.7. The fourth-order valence-electron chi connectivity index (χ4n) is 5.65. The minimum absolute atomic E-state index is 0.114. The molecule has 8 heteroatoms. The van der Waals surface area contributed by atoms with E-state index in [1.165, 1.54) is 6.08 Å². The predicted octanol–water partition coefficient (Wildman–Crippen LogP) is 8.32. The molecule has 0 saturated heterocycles. The first-order chi connectivity index (χ1) is 19.3. The SMILES string of the molecule is C=CCOC(=O)[C@@H](OC(=C)C[C@H](O[Si](C(C)C)(C(C)C)C(C)C)[C@@H](CCC)NC(=O)OCc1ccccc1)C(C)C. The molecule has 1 rings (SSSR count). The van der Waals surface area contributed by atoms with Crippen LogP contribution in [0.5, 0.6) is 0 Å². The van der Waals surface area contributed by atoms with Gasteiger partial charge in [-0.25, -0.2) is 9.59 Å². The van der Waals surface area contributed by atoms with E-state index in [0.717, 1.165) is 12.0 Å². The lowest BCUT2D eigenvalue weighted by atomic mass is 10.0. The number of hydrogen-bond acceptors (Lipinski definition) is 6. The Hall–Kier alpha value is -2.58. The molecule has 0 aliphatic carbocycles. The van der Waals surface area contributed by atoms with Crippen LogP contribution in [0, 0.1) is 5.92 Å². The highest BCUT2D eigenvalue weighted by Crippen LogP contribution is 2.44. The fraction of sp³-hybridized carbons (Fsp3) is 0.636. The summed E-state index contributed by atoms with van der Waals surface area (Å²) in [6.07, 6.45) is 1.65. The molecule has 0 aliphatic rings. The van der Waals surface area contributed by atoms with Crippen LogP contribution in [0.2, 0.25) is 16.6 Å². The van der Waals surface area contributed by atoms with Gasteiger partial charge in [-0.3, -0.25) is 0 Å². The molecular weight excluding hydrogens is 534 g/mol. The zero-order valence-electron chi connectivity index (χ0n) is 26.9. The average molecular weight is 590 g/mol. The van der Waals surface area contributed by atoms with E-state index in [1.807, 2.05) is 44.2 Å². The molecule has 0 fully saturated rings. The molecule has 1 aromatic rings. The van der Waals surface area contributed by atoms with Crippen molar-refractivity contribution in [3.8, 4) is 0 Å². The quantitative estimate of drug-likeness (QED) is 0.0756. The van der Waals surface area contributed by atoms with Crippen LogP contribution in [0.25, 0.3) is 0 Å². The van der Waals surface area contributed by atoms with Crippen molar-refractivity contribution in [2.24, 2.45) is 5.92 Å². The van der Waals surface area contributed by atoms with E-state index in [9.17, 15) is 9.59 Å². The Labute approximate surface area is 250 Å². The molecule has 1 aromatic carbocycles. The summed E-state index contributed by atoms with van der Waals surface area (Å²) in [6.45, 7) is 27.4. The van der Waals surface area contributed by atoms with Gasteiger partial charge in [-0.05, 0) is 28.6 Å². The second-order valence-corrected chi connectivity index (χ2v) is 17.4. The maximum absolute atomic E-state index is 13.0. The monoisotopic (exact) mass is 589 g/mol. The van der Waals surface area contributed by atoms with E-state index in [2.05, 4.69) is 66.9 Å². The number of amides is 1. The number of ether oxygens (including phenoxy) is 3. The molecule has 0 bridgehead atoms. The standard InChI is InChI=1S/C33H55NO6Si/c1-12-17-29(34-33(36)38-22-28-18-15-14-16-19-28)30(40-41(24(5)6,25(7)8)26(9)10)21-27(11)39-31(23(3)4)32(35)37-20-13-2/h13-16,18-19,23-26,29-31H,2,11-12,17,20-22H2,1,3-10H3,(H,34,36)/t29-,30+,31+/m1/s1. The molecular formula is C33H55NO6Si. The van der Waals surface area contributed by atoms with Crippen molar-refractivity contribution in [3.63, 3.8) is 0 Å². The molecule has 0 aliphatic heterocycles. The summed E-state index contributed by atoms with van der Waals surface area (Å²) in [5, 5.41) is 3.10. The van der Waals surface area contributed by atoms with Crippen molar-refractivity contribution in [2.45, 2.75) is 123 Å². The molecule has 0 radical (unpaired) electrons. The third-order valence-electron chi connectivity index (χ3n) is 7.53. The molecule has 0 aromatic heterocycles. The maximum atomic E-state index is 13.0. The number of alkyl carbamates (subject to hydrolysis) is 1. The van der Waals surface area contributed by atoms with Gasteiger partial charge in [0, 0.05) is 12.3 Å². The van der Waals surface area contributed by atoms with Crippen molar-refractivity contribution >= 4 is 20.4 Å². The van der Waals surface area contributed by atoms with E-state index >= 15 is 0 Å². The van der Waals surface area contributed by atoms with Gasteiger partial charge in [0.2, 0.25) is 8.32 Å². The van der Waals surface area contributed by atoms with Crippen LogP contribution < -0.4 is 5.32 Å². The molecule has 1 amide bonds. The summed E-state index contributed by atoms with van der Waals surface area (Å²) in [7, 11) is -2.36. The Morgan fingerprint density at radius 3 is 2.02 bits per heavy atom. The minimum atomic E-state index is -2.36. The molecule has 1 N–H and O–H groups in total. The van der Waals surface area contributed by atoms with Gasteiger partial charge in [-0.15, -0.1) is 0 Å². The van der Waals surface area contributed by atoms with Crippen LogP contribution in [-0.2, 0) is 30.0 Å². The molecule has 0 spiro atoms. The first kappa shape index (κ1) is 36.4. The van der Waals surface area contributed by atoms with E-state index in [1.54, 1.807) is 0 Å². The Morgan fingerprint density at radius 2 is 1.54 bits per heavy atom. The van der Waals surface area contributed by atoms with Crippen molar-refractivity contribution in [2.75, 3.05) is 6.61 Å². The molecule has 0 unspecified atom stereocenters. The summed E-state index contributed by atoms with van der Waals surface area (Å²) in [5.41, 5.74) is 1.93. The van der Waals surface area contributed by atoms with Gasteiger partial charge in [0.05, 0.1) is 17.9 Å². The summed E-state index contributed by atoms with van der Waals surface area (Å²) < 4.78 is 24.2. The number of hydrogen-bond donors (Lipinski definition) is 1. The van der Waals surface area contributed by atoms with Gasteiger partial charge >= 0.3 is 12.1 Å². The first-order valence-corrected chi connectivity index (χ1v) is 17.2. The molecule has 0 heterocycles. The second-order valence-electron chi connectivity index (χ2n) is 12.0. The van der Waals surface area contributed by atoms with Crippen LogP contribution in [0.1, 0.15) is 87.1 Å². The molecule has 3 atom stereocenters. The number of carbonyl (C=O) groups is 2. The highest BCUT2D eigenvalue weighted by atomic mass is 28.4. The second kappa shape index (κ2) is 18.1. The van der Waals surface area contributed by atoms with Crippen LogP contribution in [-0.4, -0.2) is 45.2 Å². The van der Waals surface area contributed by atoms with E-state index in [-0.39, 0.29) is 25.2 Å². The number of carbonyl (C=O) groups excluding carboxylic acids is 2. The van der Waals surface area contributed by atoms with Crippen molar-refractivity contribution < 1.29 is 28.2 Å². The number of nitrogens with one attached hydrogen (secondary N) is 1. The lowest BCUT2D eigenvalue weighted by molar-refractivity contribution is -0.156. The van der Waals surface area contributed by atoms with Crippen molar-refractivity contribution in [1.82, 2.24) is 5.32 Å². The van der Waals surface area contributed by atoms with Crippen molar-refractivity contribution in [3.05, 3.63) is 60.9 Å². The van der Waals surface area contributed by atoms with Gasteiger partial charge in [0.15, 0.2) is 6.10 Å². The fourth-order valence-corrected chi connectivity index (χ4v) is 11.2. The average Bonchev–Trinajstić information content (AvgIpc) is 2.91. The zero-order chi connectivity index (χ0) is 31.2. The molecule has 7 nitrogen and oxygen atoms in total. The van der Waals surface area contributed by atoms with Crippen molar-refractivity contribution in [1.29, 1.82) is 0 Å². The first-order valence-electron chi connectivity index (χ1n) is 15.1. The topological polar surface area (TPSA) is 83.1 Å². The molecule has 232 valence electrons. The Morgan fingerprint density at radius 1 is 0.951 bits per heavy atom. The lowest BCUT2D eigenvalue weighted by Crippen LogP contribution is -2.55. The van der Waals surface area contributed by atoms with Gasteiger partial charge < -0.3 is 24.0 Å². The number of benzene rings is 1. The minimum Gasteiger partial charge on any atom is -0.483 e.